The molecule has 0 aliphatic carbocycles. The molecule has 88 valence electrons. The minimum absolute atomic E-state index is 0.174. The summed E-state index contributed by atoms with van der Waals surface area (Å²) < 4.78 is 10.9. The number of rotatable bonds is 4. The van der Waals surface area contributed by atoms with E-state index < -0.39 is 11.8 Å². The van der Waals surface area contributed by atoms with Gasteiger partial charge in [-0.05, 0) is 13.8 Å². The smallest absolute Gasteiger partial charge is 0.312 e. The number of nitrogens with one attached hydrogen (secondary N) is 2. The van der Waals surface area contributed by atoms with E-state index in [-0.39, 0.29) is 6.04 Å². The van der Waals surface area contributed by atoms with E-state index in [9.17, 15) is 4.79 Å². The largest absolute Gasteiger partial charge is 0.352 e. The van der Waals surface area contributed by atoms with Gasteiger partial charge in [0.05, 0.1) is 19.3 Å². The van der Waals surface area contributed by atoms with Crippen molar-refractivity contribution < 1.29 is 14.3 Å². The number of hydrogen-bond donors (Lipinski definition) is 3. The van der Waals surface area contributed by atoms with E-state index in [0.29, 0.717) is 26.3 Å². The van der Waals surface area contributed by atoms with Crippen LogP contribution in [-0.2, 0) is 9.47 Å². The molecular formula is C9H19N3O3. The fourth-order valence-electron chi connectivity index (χ4n) is 1.27. The highest BCUT2D eigenvalue weighted by Crippen LogP contribution is 2.16. The van der Waals surface area contributed by atoms with Crippen LogP contribution in [0.4, 0.5) is 4.79 Å². The first-order chi connectivity index (χ1) is 6.99. The van der Waals surface area contributed by atoms with Gasteiger partial charge in [-0.3, -0.25) is 0 Å². The van der Waals surface area contributed by atoms with E-state index in [4.69, 9.17) is 15.2 Å². The van der Waals surface area contributed by atoms with Gasteiger partial charge >= 0.3 is 6.03 Å². The van der Waals surface area contributed by atoms with Gasteiger partial charge in [0.15, 0.2) is 5.79 Å². The summed E-state index contributed by atoms with van der Waals surface area (Å²) >= 11 is 0. The van der Waals surface area contributed by atoms with Crippen LogP contribution in [0.15, 0.2) is 0 Å². The lowest BCUT2D eigenvalue weighted by Gasteiger charge is -2.35. The number of primary amides is 1. The molecule has 0 aromatic carbocycles. The Morgan fingerprint density at radius 2 is 2.00 bits per heavy atom. The summed E-state index contributed by atoms with van der Waals surface area (Å²) in [5.74, 6) is -0.482. The normalized spacial score (nSPS) is 21.2. The van der Waals surface area contributed by atoms with Gasteiger partial charge < -0.3 is 25.8 Å². The molecular weight excluding hydrogens is 198 g/mol. The molecule has 2 amide bonds. The Kier molecular flexibility index (Phi) is 4.31. The minimum atomic E-state index is -0.505. The van der Waals surface area contributed by atoms with Gasteiger partial charge in [0, 0.05) is 13.1 Å². The van der Waals surface area contributed by atoms with Crippen molar-refractivity contribution in [3.8, 4) is 0 Å². The Labute approximate surface area is 89.5 Å². The van der Waals surface area contributed by atoms with Crippen molar-refractivity contribution in [2.45, 2.75) is 25.7 Å². The maximum atomic E-state index is 10.4. The molecule has 1 fully saturated rings. The van der Waals surface area contributed by atoms with Crippen LogP contribution in [0, 0.1) is 0 Å². The Balaban J connectivity index is 2.06. The summed E-state index contributed by atoms with van der Waals surface area (Å²) in [6.45, 7) is 6.17. The van der Waals surface area contributed by atoms with Crippen molar-refractivity contribution in [2.24, 2.45) is 5.73 Å². The maximum Gasteiger partial charge on any atom is 0.312 e. The fourth-order valence-corrected chi connectivity index (χ4v) is 1.27. The van der Waals surface area contributed by atoms with Crippen LogP contribution in [0.3, 0.4) is 0 Å². The molecule has 1 saturated heterocycles. The summed E-state index contributed by atoms with van der Waals surface area (Å²) in [5, 5.41) is 5.69. The molecule has 1 rings (SSSR count). The van der Waals surface area contributed by atoms with Crippen LogP contribution < -0.4 is 16.4 Å². The fraction of sp³-hybridized carbons (Fsp3) is 0.889. The lowest BCUT2D eigenvalue weighted by atomic mass is 10.2. The second-order valence-electron chi connectivity index (χ2n) is 3.96. The van der Waals surface area contributed by atoms with Crippen LogP contribution >= 0.6 is 0 Å². The average molecular weight is 217 g/mol. The number of ether oxygens (including phenoxy) is 2. The number of carbonyl (C=O) groups is 1. The van der Waals surface area contributed by atoms with E-state index in [1.165, 1.54) is 0 Å². The monoisotopic (exact) mass is 217 g/mol. The van der Waals surface area contributed by atoms with Crippen molar-refractivity contribution in [3.63, 3.8) is 0 Å². The number of hydrogen-bond acceptors (Lipinski definition) is 4. The van der Waals surface area contributed by atoms with Gasteiger partial charge in [-0.2, -0.15) is 0 Å². The third kappa shape index (κ3) is 4.96. The molecule has 0 atom stereocenters. The van der Waals surface area contributed by atoms with Gasteiger partial charge in [-0.25, -0.2) is 4.79 Å². The predicted octanol–water partition coefficient (Wildman–Crippen LogP) is -0.604. The molecule has 6 heteroatoms. The number of carbonyl (C=O) groups excluding carboxylic acids is 1. The minimum Gasteiger partial charge on any atom is -0.352 e. The Morgan fingerprint density at radius 3 is 2.53 bits per heavy atom. The Hall–Kier alpha value is -0.850. The second kappa shape index (κ2) is 5.29. The molecule has 0 spiro atoms. The highest BCUT2D eigenvalue weighted by atomic mass is 16.7. The second-order valence-corrected chi connectivity index (χ2v) is 3.96. The average Bonchev–Trinajstić information content (AvgIpc) is 2.14. The van der Waals surface area contributed by atoms with E-state index in [0.717, 1.165) is 0 Å². The summed E-state index contributed by atoms with van der Waals surface area (Å²) in [6.07, 6.45) is 0. The molecule has 4 N–H and O–H groups in total. The molecule has 0 unspecified atom stereocenters. The first-order valence-corrected chi connectivity index (χ1v) is 5.04. The van der Waals surface area contributed by atoms with Crippen molar-refractivity contribution in [1.29, 1.82) is 0 Å². The van der Waals surface area contributed by atoms with Crippen molar-refractivity contribution in [1.82, 2.24) is 10.6 Å². The van der Waals surface area contributed by atoms with Gasteiger partial charge in [0.1, 0.15) is 0 Å². The number of urea groups is 1. The third-order valence-electron chi connectivity index (χ3n) is 2.12. The van der Waals surface area contributed by atoms with Crippen LogP contribution in [0.2, 0.25) is 0 Å². The van der Waals surface area contributed by atoms with Gasteiger partial charge in [0.25, 0.3) is 0 Å². The van der Waals surface area contributed by atoms with Crippen molar-refractivity contribution in [2.75, 3.05) is 26.3 Å². The SMILES string of the molecule is CC1(C)OCC(NCCNC(N)=O)CO1. The van der Waals surface area contributed by atoms with Gasteiger partial charge in [0.2, 0.25) is 0 Å². The first-order valence-electron chi connectivity index (χ1n) is 5.04. The van der Waals surface area contributed by atoms with Crippen LogP contribution in [0.1, 0.15) is 13.8 Å². The summed E-state index contributed by atoms with van der Waals surface area (Å²) in [6, 6.07) is -0.332. The van der Waals surface area contributed by atoms with E-state index >= 15 is 0 Å². The predicted molar refractivity (Wildman–Crippen MR) is 55.4 cm³/mol. The van der Waals surface area contributed by atoms with Gasteiger partial charge in [-0.1, -0.05) is 0 Å². The van der Waals surface area contributed by atoms with Crippen LogP contribution in [0.5, 0.6) is 0 Å². The molecule has 0 aromatic heterocycles. The molecule has 1 aliphatic heterocycles. The number of amides is 2. The zero-order valence-electron chi connectivity index (χ0n) is 9.21. The molecule has 1 aliphatic rings. The molecule has 0 saturated carbocycles. The Bertz CT molecular complexity index is 211. The first kappa shape index (κ1) is 12.2. The molecule has 1 heterocycles. The third-order valence-corrected chi connectivity index (χ3v) is 2.12. The zero-order valence-corrected chi connectivity index (χ0v) is 9.21. The molecule has 6 nitrogen and oxygen atoms in total. The summed E-state index contributed by atoms with van der Waals surface area (Å²) in [4.78, 5) is 10.4. The topological polar surface area (TPSA) is 85.6 Å². The van der Waals surface area contributed by atoms with Crippen LogP contribution in [-0.4, -0.2) is 44.2 Å². The zero-order chi connectivity index (χ0) is 11.3. The van der Waals surface area contributed by atoms with Crippen molar-refractivity contribution in [3.05, 3.63) is 0 Å². The highest BCUT2D eigenvalue weighted by Gasteiger charge is 2.27. The molecule has 15 heavy (non-hydrogen) atoms. The molecule has 0 bridgehead atoms. The van der Waals surface area contributed by atoms with E-state index in [2.05, 4.69) is 10.6 Å². The molecule has 0 aromatic rings. The van der Waals surface area contributed by atoms with Crippen molar-refractivity contribution >= 4 is 6.03 Å². The lowest BCUT2D eigenvalue weighted by Crippen LogP contribution is -2.50. The van der Waals surface area contributed by atoms with E-state index in [1.54, 1.807) is 0 Å². The number of nitrogens with two attached hydrogens (primary N) is 1. The standard InChI is InChI=1S/C9H19N3O3/c1-9(2)14-5-7(6-15-9)11-3-4-12-8(10)13/h7,11H,3-6H2,1-2H3,(H3,10,12,13). The summed E-state index contributed by atoms with van der Waals surface area (Å²) in [7, 11) is 0. The van der Waals surface area contributed by atoms with Crippen LogP contribution in [0.25, 0.3) is 0 Å². The van der Waals surface area contributed by atoms with E-state index in [1.807, 2.05) is 13.8 Å². The lowest BCUT2D eigenvalue weighted by molar-refractivity contribution is -0.252. The highest BCUT2D eigenvalue weighted by molar-refractivity contribution is 5.71. The molecule has 0 radical (unpaired) electrons. The van der Waals surface area contributed by atoms with Gasteiger partial charge in [-0.15, -0.1) is 0 Å². The quantitative estimate of drug-likeness (QED) is 0.549. The Morgan fingerprint density at radius 1 is 1.40 bits per heavy atom. The maximum absolute atomic E-state index is 10.4. The summed E-state index contributed by atoms with van der Waals surface area (Å²) in [5.41, 5.74) is 4.92.